The Bertz CT molecular complexity index is 874. The SMILES string of the molecule is CCOc1ccc(C(c2cccc(Cl)c2Cl)N2CCCC(C(=O)O)C2)cc1OC. The van der Waals surface area contributed by atoms with Crippen LogP contribution < -0.4 is 9.47 Å². The van der Waals surface area contributed by atoms with E-state index in [2.05, 4.69) is 4.90 Å². The molecule has 1 aliphatic heterocycles. The first-order valence-corrected chi connectivity index (χ1v) is 10.4. The molecule has 7 heteroatoms. The van der Waals surface area contributed by atoms with E-state index in [-0.39, 0.29) is 6.04 Å². The predicted molar refractivity (Wildman–Crippen MR) is 114 cm³/mol. The first kappa shape index (κ1) is 21.8. The van der Waals surface area contributed by atoms with Gasteiger partial charge < -0.3 is 14.6 Å². The molecule has 0 amide bonds. The van der Waals surface area contributed by atoms with Gasteiger partial charge in [0.15, 0.2) is 11.5 Å². The minimum Gasteiger partial charge on any atom is -0.493 e. The van der Waals surface area contributed by atoms with E-state index in [1.54, 1.807) is 13.2 Å². The summed E-state index contributed by atoms with van der Waals surface area (Å²) in [6, 6.07) is 11.1. The largest absolute Gasteiger partial charge is 0.493 e. The summed E-state index contributed by atoms with van der Waals surface area (Å²) >= 11 is 12.9. The summed E-state index contributed by atoms with van der Waals surface area (Å²) in [6.45, 7) is 3.67. The van der Waals surface area contributed by atoms with Gasteiger partial charge in [-0.1, -0.05) is 41.4 Å². The van der Waals surface area contributed by atoms with Gasteiger partial charge in [0.2, 0.25) is 0 Å². The van der Waals surface area contributed by atoms with Crippen molar-refractivity contribution in [3.05, 3.63) is 57.6 Å². The molecule has 0 saturated carbocycles. The second-order valence-electron chi connectivity index (χ2n) is 7.06. The van der Waals surface area contributed by atoms with Gasteiger partial charge in [-0.05, 0) is 55.6 Å². The Hall–Kier alpha value is -1.95. The van der Waals surface area contributed by atoms with E-state index < -0.39 is 11.9 Å². The van der Waals surface area contributed by atoms with Crippen molar-refractivity contribution in [3.63, 3.8) is 0 Å². The molecule has 3 rings (SSSR count). The Kier molecular flexibility index (Phi) is 7.28. The number of halogens is 2. The lowest BCUT2D eigenvalue weighted by atomic mass is 9.91. The fraction of sp³-hybridized carbons (Fsp3) is 0.409. The number of carboxylic acid groups (broad SMARTS) is 1. The zero-order chi connectivity index (χ0) is 21.0. The molecule has 2 aromatic rings. The van der Waals surface area contributed by atoms with Crippen LogP contribution in [0.25, 0.3) is 0 Å². The van der Waals surface area contributed by atoms with Crippen LogP contribution in [0.5, 0.6) is 11.5 Å². The third-order valence-corrected chi connectivity index (χ3v) is 6.08. The molecule has 1 N–H and O–H groups in total. The lowest BCUT2D eigenvalue weighted by molar-refractivity contribution is -0.143. The van der Waals surface area contributed by atoms with Crippen LogP contribution in [0.4, 0.5) is 0 Å². The molecular formula is C22H25Cl2NO4. The number of nitrogens with zero attached hydrogens (tertiary/aromatic N) is 1. The third-order valence-electron chi connectivity index (χ3n) is 5.25. The molecule has 1 saturated heterocycles. The van der Waals surface area contributed by atoms with Crippen LogP contribution in [-0.4, -0.2) is 42.8 Å². The highest BCUT2D eigenvalue weighted by Gasteiger charge is 2.33. The van der Waals surface area contributed by atoms with Crippen molar-refractivity contribution in [2.75, 3.05) is 26.8 Å². The maximum atomic E-state index is 11.6. The van der Waals surface area contributed by atoms with E-state index in [1.165, 1.54) is 0 Å². The standard InChI is InChI=1S/C22H25Cl2NO4/c1-3-29-18-10-9-14(12-19(18)28-2)21(16-7-4-8-17(23)20(16)24)25-11-5-6-15(13-25)22(26)27/h4,7-10,12,15,21H,3,5-6,11,13H2,1-2H3,(H,26,27). The van der Waals surface area contributed by atoms with Gasteiger partial charge in [-0.25, -0.2) is 0 Å². The summed E-state index contributed by atoms with van der Waals surface area (Å²) in [5, 5.41) is 10.5. The zero-order valence-corrected chi connectivity index (χ0v) is 18.0. The fourth-order valence-electron chi connectivity index (χ4n) is 3.89. The molecule has 0 spiro atoms. The normalized spacial score (nSPS) is 18.3. The molecule has 2 aromatic carbocycles. The first-order valence-electron chi connectivity index (χ1n) is 9.67. The van der Waals surface area contributed by atoms with Gasteiger partial charge >= 0.3 is 5.97 Å². The molecule has 5 nitrogen and oxygen atoms in total. The monoisotopic (exact) mass is 437 g/mol. The number of rotatable bonds is 7. The maximum Gasteiger partial charge on any atom is 0.307 e. The second kappa shape index (κ2) is 9.70. The van der Waals surface area contributed by atoms with Gasteiger partial charge in [0.05, 0.1) is 35.7 Å². The number of hydrogen-bond acceptors (Lipinski definition) is 4. The van der Waals surface area contributed by atoms with Gasteiger partial charge in [-0.15, -0.1) is 0 Å². The molecule has 1 fully saturated rings. The summed E-state index contributed by atoms with van der Waals surface area (Å²) in [7, 11) is 1.60. The summed E-state index contributed by atoms with van der Waals surface area (Å²) in [4.78, 5) is 13.8. The highest BCUT2D eigenvalue weighted by atomic mass is 35.5. The summed E-state index contributed by atoms with van der Waals surface area (Å²) in [5.41, 5.74) is 1.79. The van der Waals surface area contributed by atoms with E-state index in [4.69, 9.17) is 32.7 Å². The number of aliphatic carboxylic acids is 1. The van der Waals surface area contributed by atoms with E-state index in [0.717, 1.165) is 24.1 Å². The molecule has 0 aliphatic carbocycles. The van der Waals surface area contributed by atoms with Crippen molar-refractivity contribution >= 4 is 29.2 Å². The molecule has 1 aliphatic rings. The Morgan fingerprint density at radius 2 is 2.07 bits per heavy atom. The van der Waals surface area contributed by atoms with Crippen LogP contribution in [0.3, 0.4) is 0 Å². The fourth-order valence-corrected chi connectivity index (χ4v) is 4.30. The number of ether oxygens (including phenoxy) is 2. The molecular weight excluding hydrogens is 413 g/mol. The number of carbonyl (C=O) groups is 1. The number of benzene rings is 2. The van der Waals surface area contributed by atoms with E-state index >= 15 is 0 Å². The first-order chi connectivity index (χ1) is 14.0. The van der Waals surface area contributed by atoms with Crippen molar-refractivity contribution in [2.24, 2.45) is 5.92 Å². The van der Waals surface area contributed by atoms with E-state index in [9.17, 15) is 9.90 Å². The van der Waals surface area contributed by atoms with Crippen LogP contribution >= 0.6 is 23.2 Å². The Morgan fingerprint density at radius 1 is 1.28 bits per heavy atom. The zero-order valence-electron chi connectivity index (χ0n) is 16.5. The maximum absolute atomic E-state index is 11.6. The molecule has 0 bridgehead atoms. The number of hydrogen-bond donors (Lipinski definition) is 1. The summed E-state index contributed by atoms with van der Waals surface area (Å²) < 4.78 is 11.2. The highest BCUT2D eigenvalue weighted by Crippen LogP contribution is 2.41. The van der Waals surface area contributed by atoms with Crippen LogP contribution in [0.2, 0.25) is 10.0 Å². The summed E-state index contributed by atoms with van der Waals surface area (Å²) in [5.74, 6) is 0.111. The molecule has 29 heavy (non-hydrogen) atoms. The molecule has 0 aromatic heterocycles. The predicted octanol–water partition coefficient (Wildman–Crippen LogP) is 5.29. The van der Waals surface area contributed by atoms with Crippen LogP contribution in [0.15, 0.2) is 36.4 Å². The van der Waals surface area contributed by atoms with E-state index in [0.29, 0.717) is 41.1 Å². The summed E-state index contributed by atoms with van der Waals surface area (Å²) in [6.07, 6.45) is 1.48. The third kappa shape index (κ3) is 4.80. The van der Waals surface area contributed by atoms with Crippen LogP contribution in [0, 0.1) is 5.92 Å². The minimum atomic E-state index is -0.769. The van der Waals surface area contributed by atoms with Crippen LogP contribution in [-0.2, 0) is 4.79 Å². The topological polar surface area (TPSA) is 59.0 Å². The van der Waals surface area contributed by atoms with Gasteiger partial charge in [-0.3, -0.25) is 9.69 Å². The van der Waals surface area contributed by atoms with Crippen LogP contribution in [0.1, 0.15) is 36.9 Å². The number of methoxy groups -OCH3 is 1. The lowest BCUT2D eigenvalue weighted by Crippen LogP contribution is -2.41. The van der Waals surface area contributed by atoms with Crippen molar-refractivity contribution in [3.8, 4) is 11.5 Å². The average Bonchev–Trinajstić information content (AvgIpc) is 2.72. The molecule has 0 radical (unpaired) electrons. The molecule has 1 heterocycles. The Labute approximate surface area is 181 Å². The molecule has 2 unspecified atom stereocenters. The number of piperidine rings is 1. The highest BCUT2D eigenvalue weighted by molar-refractivity contribution is 6.42. The van der Waals surface area contributed by atoms with E-state index in [1.807, 2.05) is 37.3 Å². The van der Waals surface area contributed by atoms with Crippen molar-refractivity contribution in [2.45, 2.75) is 25.8 Å². The Morgan fingerprint density at radius 3 is 2.76 bits per heavy atom. The number of carboxylic acids is 1. The second-order valence-corrected chi connectivity index (χ2v) is 7.85. The number of likely N-dealkylation sites (tertiary alicyclic amines) is 1. The van der Waals surface area contributed by atoms with Crippen molar-refractivity contribution in [1.82, 2.24) is 4.90 Å². The van der Waals surface area contributed by atoms with Gasteiger partial charge in [0.1, 0.15) is 0 Å². The molecule has 156 valence electrons. The van der Waals surface area contributed by atoms with Gasteiger partial charge in [0.25, 0.3) is 0 Å². The van der Waals surface area contributed by atoms with Gasteiger partial charge in [-0.2, -0.15) is 0 Å². The van der Waals surface area contributed by atoms with Gasteiger partial charge in [0, 0.05) is 6.54 Å². The Balaban J connectivity index is 2.08. The lowest BCUT2D eigenvalue weighted by Gasteiger charge is -2.38. The van der Waals surface area contributed by atoms with Crippen molar-refractivity contribution < 1.29 is 19.4 Å². The molecule has 2 atom stereocenters. The van der Waals surface area contributed by atoms with Crippen molar-refractivity contribution in [1.29, 1.82) is 0 Å². The quantitative estimate of drug-likeness (QED) is 0.637. The smallest absolute Gasteiger partial charge is 0.307 e. The minimum absolute atomic E-state index is 0.243. The average molecular weight is 438 g/mol.